The van der Waals surface area contributed by atoms with Crippen molar-refractivity contribution in [2.45, 2.75) is 200 Å². The molecule has 9 nitrogen and oxygen atoms in total. The van der Waals surface area contributed by atoms with Crippen molar-refractivity contribution >= 4 is 19.8 Å². The molecule has 10 heteroatoms. The van der Waals surface area contributed by atoms with Crippen LogP contribution in [0.3, 0.4) is 0 Å². The van der Waals surface area contributed by atoms with Crippen LogP contribution in [0.25, 0.3) is 0 Å². The number of ether oxygens (including phenoxy) is 2. The number of esters is 2. The monoisotopic (exact) mass is 744 g/mol. The number of nitrogens with zero attached hydrogens (tertiary/aromatic N) is 1. The fourth-order valence-corrected chi connectivity index (χ4v) is 6.30. The van der Waals surface area contributed by atoms with E-state index in [1.807, 2.05) is 0 Å². The van der Waals surface area contributed by atoms with E-state index >= 15 is 0 Å². The number of carbonyl (C=O) groups excluding carboxylic acids is 2. The molecule has 0 rings (SSSR count). The van der Waals surface area contributed by atoms with Crippen molar-refractivity contribution in [3.63, 3.8) is 0 Å². The number of rotatable bonds is 38. The highest BCUT2D eigenvalue weighted by Crippen LogP contribution is 2.43. The van der Waals surface area contributed by atoms with Crippen molar-refractivity contribution in [3.05, 3.63) is 24.6 Å². The number of allylic oxidation sites excluding steroid dienone is 2. The molecule has 0 aromatic carbocycles. The van der Waals surface area contributed by atoms with Gasteiger partial charge in [0.2, 0.25) is 0 Å². The van der Waals surface area contributed by atoms with Gasteiger partial charge in [0.05, 0.1) is 0 Å². The first-order valence-corrected chi connectivity index (χ1v) is 22.2. The second-order valence-electron chi connectivity index (χ2n) is 14.2. The SMILES string of the molecule is CCCCCCCC/C=C\CCCCCCCCCC(=O)O[C@H](COC(=O)CCCCCCCCCCCCC)COP(=O)(O)O/C=C/N(C)C. The zero-order chi connectivity index (χ0) is 37.7. The van der Waals surface area contributed by atoms with Crippen LogP contribution in [0.5, 0.6) is 0 Å². The summed E-state index contributed by atoms with van der Waals surface area (Å²) in [5, 5.41) is 0. The lowest BCUT2D eigenvalue weighted by atomic mass is 10.1. The van der Waals surface area contributed by atoms with Crippen LogP contribution in [0.2, 0.25) is 0 Å². The van der Waals surface area contributed by atoms with Gasteiger partial charge in [-0.15, -0.1) is 0 Å². The third kappa shape index (κ3) is 37.7. The minimum absolute atomic E-state index is 0.228. The van der Waals surface area contributed by atoms with E-state index in [4.69, 9.17) is 18.5 Å². The molecule has 1 N–H and O–H groups in total. The highest BCUT2D eigenvalue weighted by Gasteiger charge is 2.26. The Morgan fingerprint density at radius 2 is 1.02 bits per heavy atom. The lowest BCUT2D eigenvalue weighted by Crippen LogP contribution is -2.29. The first kappa shape index (κ1) is 49.2. The first-order chi connectivity index (χ1) is 24.7. The van der Waals surface area contributed by atoms with Gasteiger partial charge >= 0.3 is 19.8 Å². The van der Waals surface area contributed by atoms with E-state index in [1.165, 1.54) is 122 Å². The van der Waals surface area contributed by atoms with Gasteiger partial charge in [0.25, 0.3) is 0 Å². The summed E-state index contributed by atoms with van der Waals surface area (Å²) in [7, 11) is -0.965. The van der Waals surface area contributed by atoms with Crippen LogP contribution < -0.4 is 0 Å². The normalized spacial score (nSPS) is 13.4. The third-order valence-electron chi connectivity index (χ3n) is 8.83. The molecule has 0 bridgehead atoms. The number of phosphoric ester groups is 1. The number of carbonyl (C=O) groups is 2. The van der Waals surface area contributed by atoms with E-state index in [0.717, 1.165) is 51.2 Å². The van der Waals surface area contributed by atoms with Crippen LogP contribution in [0.4, 0.5) is 0 Å². The standard InChI is InChI=1S/C41H78NO8P/c1-5-7-9-11-13-15-17-18-19-20-21-22-24-26-28-30-32-34-41(44)50-39(38-49-51(45,46)48-36-35-42(3)4)37-47-40(43)33-31-29-27-25-23-16-14-12-10-8-6-2/h18-19,35-36,39H,5-17,20-34,37-38H2,1-4H3,(H,45,46)/b19-18-,36-35+/t39-/m1/s1. The van der Waals surface area contributed by atoms with E-state index in [-0.39, 0.29) is 25.4 Å². The minimum atomic E-state index is -4.44. The molecule has 0 aliphatic rings. The molecule has 0 spiro atoms. The Hall–Kier alpha value is -1.83. The van der Waals surface area contributed by atoms with Gasteiger partial charge in [-0.1, -0.05) is 154 Å². The predicted octanol–water partition coefficient (Wildman–Crippen LogP) is 12.1. The van der Waals surface area contributed by atoms with Gasteiger partial charge in [0.1, 0.15) is 19.5 Å². The molecule has 0 aromatic rings. The lowest BCUT2D eigenvalue weighted by Gasteiger charge is -2.19. The molecule has 0 fully saturated rings. The fraction of sp³-hybridized carbons (Fsp3) is 0.854. The summed E-state index contributed by atoms with van der Waals surface area (Å²) in [5.74, 6) is -0.826. The van der Waals surface area contributed by atoms with Gasteiger partial charge in [0.15, 0.2) is 6.10 Å². The Morgan fingerprint density at radius 1 is 0.608 bits per heavy atom. The summed E-state index contributed by atoms with van der Waals surface area (Å²) in [5.41, 5.74) is 0. The van der Waals surface area contributed by atoms with E-state index in [1.54, 1.807) is 19.0 Å². The summed E-state index contributed by atoms with van der Waals surface area (Å²) in [6, 6.07) is 0. The molecule has 2 atom stereocenters. The summed E-state index contributed by atoms with van der Waals surface area (Å²) in [6.45, 7) is 3.81. The molecular weight excluding hydrogens is 665 g/mol. The molecular formula is C41H78NO8P. The highest BCUT2D eigenvalue weighted by atomic mass is 31.2. The second kappa shape index (κ2) is 36.5. The maximum absolute atomic E-state index is 12.6. The van der Waals surface area contributed by atoms with Gasteiger partial charge in [-0.05, 0) is 38.5 Å². The maximum Gasteiger partial charge on any atom is 0.527 e. The Kier molecular flexibility index (Phi) is 35.2. The number of phosphoric acid groups is 1. The zero-order valence-corrected chi connectivity index (χ0v) is 34.2. The molecule has 0 heterocycles. The molecule has 0 aliphatic carbocycles. The van der Waals surface area contributed by atoms with Crippen molar-refractivity contribution < 1.29 is 37.6 Å². The average Bonchev–Trinajstić information content (AvgIpc) is 3.09. The van der Waals surface area contributed by atoms with Crippen molar-refractivity contribution in [1.82, 2.24) is 4.90 Å². The van der Waals surface area contributed by atoms with Crippen molar-refractivity contribution in [2.75, 3.05) is 27.3 Å². The summed E-state index contributed by atoms with van der Waals surface area (Å²) in [6.07, 6.45) is 37.7. The molecule has 1 unspecified atom stereocenters. The van der Waals surface area contributed by atoms with E-state index in [0.29, 0.717) is 6.42 Å². The van der Waals surface area contributed by atoms with Gasteiger partial charge < -0.3 is 18.9 Å². The van der Waals surface area contributed by atoms with Gasteiger partial charge in [-0.2, -0.15) is 0 Å². The first-order valence-electron chi connectivity index (χ1n) is 20.7. The quantitative estimate of drug-likeness (QED) is 0.0217. The van der Waals surface area contributed by atoms with Crippen LogP contribution in [0.15, 0.2) is 24.6 Å². The Labute approximate surface area is 313 Å². The van der Waals surface area contributed by atoms with Crippen molar-refractivity contribution in [1.29, 1.82) is 0 Å². The van der Waals surface area contributed by atoms with Crippen LogP contribution in [0.1, 0.15) is 194 Å². The Morgan fingerprint density at radius 3 is 1.47 bits per heavy atom. The van der Waals surface area contributed by atoms with E-state index in [2.05, 4.69) is 26.0 Å². The number of hydrogen-bond acceptors (Lipinski definition) is 8. The predicted molar refractivity (Wildman–Crippen MR) is 210 cm³/mol. The lowest BCUT2D eigenvalue weighted by molar-refractivity contribution is -0.161. The topological polar surface area (TPSA) is 112 Å². The van der Waals surface area contributed by atoms with Crippen LogP contribution in [-0.4, -0.2) is 55.1 Å². The molecule has 0 aliphatic heterocycles. The molecule has 0 radical (unpaired) electrons. The summed E-state index contributed by atoms with van der Waals surface area (Å²) >= 11 is 0. The van der Waals surface area contributed by atoms with Crippen molar-refractivity contribution in [3.8, 4) is 0 Å². The second-order valence-corrected chi connectivity index (χ2v) is 15.6. The van der Waals surface area contributed by atoms with Gasteiger partial charge in [-0.3, -0.25) is 19.0 Å². The zero-order valence-electron chi connectivity index (χ0n) is 33.3. The Bertz CT molecular complexity index is 910. The van der Waals surface area contributed by atoms with Crippen molar-refractivity contribution in [2.24, 2.45) is 0 Å². The van der Waals surface area contributed by atoms with Crippen LogP contribution in [0, 0.1) is 0 Å². The smallest absolute Gasteiger partial charge is 0.462 e. The molecule has 0 saturated carbocycles. The molecule has 51 heavy (non-hydrogen) atoms. The average molecular weight is 744 g/mol. The molecule has 300 valence electrons. The summed E-state index contributed by atoms with van der Waals surface area (Å²) < 4.78 is 33.1. The van der Waals surface area contributed by atoms with Gasteiger partial charge in [-0.25, -0.2) is 4.57 Å². The van der Waals surface area contributed by atoms with E-state index < -0.39 is 26.5 Å². The van der Waals surface area contributed by atoms with Gasteiger partial charge in [0, 0.05) is 33.1 Å². The van der Waals surface area contributed by atoms with E-state index in [9.17, 15) is 19.0 Å². The summed E-state index contributed by atoms with van der Waals surface area (Å²) in [4.78, 5) is 36.7. The number of hydrogen-bond donors (Lipinski definition) is 1. The molecule has 0 aromatic heterocycles. The minimum Gasteiger partial charge on any atom is -0.462 e. The highest BCUT2D eigenvalue weighted by molar-refractivity contribution is 7.47. The fourth-order valence-electron chi connectivity index (χ4n) is 5.68. The van der Waals surface area contributed by atoms with Crippen LogP contribution in [-0.2, 0) is 32.7 Å². The largest absolute Gasteiger partial charge is 0.527 e. The third-order valence-corrected chi connectivity index (χ3v) is 9.70. The van der Waals surface area contributed by atoms with Crippen LogP contribution >= 0.6 is 7.82 Å². The molecule has 0 amide bonds. The molecule has 0 saturated heterocycles. The Balaban J connectivity index is 4.30. The maximum atomic E-state index is 12.6. The number of unbranched alkanes of at least 4 members (excludes halogenated alkanes) is 23.